The lowest BCUT2D eigenvalue weighted by Crippen LogP contribution is -2.70. The van der Waals surface area contributed by atoms with E-state index >= 15 is 0 Å². The van der Waals surface area contributed by atoms with Gasteiger partial charge in [-0.15, -0.1) is 0 Å². The number of urea groups is 1. The van der Waals surface area contributed by atoms with E-state index in [0.29, 0.717) is 6.61 Å². The second-order valence-corrected chi connectivity index (χ2v) is 9.52. The topological polar surface area (TPSA) is 120 Å². The van der Waals surface area contributed by atoms with E-state index in [1.165, 1.54) is 4.90 Å². The molecule has 4 rings (SSSR count). The fourth-order valence-electron chi connectivity index (χ4n) is 4.95. The van der Waals surface area contributed by atoms with Gasteiger partial charge in [0.1, 0.15) is 11.3 Å². The van der Waals surface area contributed by atoms with Gasteiger partial charge in [0.05, 0.1) is 12.8 Å². The molecule has 1 aromatic carbocycles. The molecule has 0 radical (unpaired) electrons. The summed E-state index contributed by atoms with van der Waals surface area (Å²) in [6.45, 7) is 0.569. The smallest absolute Gasteiger partial charge is 0.320 e. The maximum atomic E-state index is 12.6. The van der Waals surface area contributed by atoms with Crippen molar-refractivity contribution in [1.82, 2.24) is 14.7 Å². The minimum absolute atomic E-state index is 0.205. The Balaban J connectivity index is 1.50. The molecule has 1 fully saturated rings. The van der Waals surface area contributed by atoms with E-state index in [-0.39, 0.29) is 6.61 Å². The summed E-state index contributed by atoms with van der Waals surface area (Å²) in [7, 11) is 1.84. The van der Waals surface area contributed by atoms with Crippen molar-refractivity contribution in [2.24, 2.45) is 18.5 Å². The van der Waals surface area contributed by atoms with Crippen molar-refractivity contribution in [2.75, 3.05) is 6.61 Å². The van der Waals surface area contributed by atoms with Gasteiger partial charge in [-0.2, -0.15) is 5.10 Å². The molecule has 2 aliphatic rings. The first-order chi connectivity index (χ1) is 17.4. The monoisotopic (exact) mass is 489 g/mol. The SMILES string of the molecule is Cn1cc(C2=CN(C(N)=O)[C@](N)(C3(OCc4ccc(C#CCCCCO)cc4)CCCC3)C=C2)cn1. The Morgan fingerprint density at radius 3 is 2.61 bits per heavy atom. The summed E-state index contributed by atoms with van der Waals surface area (Å²) < 4.78 is 8.29. The molecule has 2 aromatic rings. The first-order valence-electron chi connectivity index (χ1n) is 12.5. The molecule has 1 atom stereocenters. The summed E-state index contributed by atoms with van der Waals surface area (Å²) in [5, 5.41) is 13.1. The van der Waals surface area contributed by atoms with Crippen LogP contribution in [-0.4, -0.2) is 43.7 Å². The number of ether oxygens (including phenoxy) is 1. The Hall–Kier alpha value is -3.38. The number of aliphatic hydroxyl groups is 1. The lowest BCUT2D eigenvalue weighted by molar-refractivity contribution is -0.119. The fraction of sp³-hybridized carbons (Fsp3) is 0.429. The zero-order valence-electron chi connectivity index (χ0n) is 20.8. The largest absolute Gasteiger partial charge is 0.396 e. The maximum Gasteiger partial charge on any atom is 0.320 e. The highest BCUT2D eigenvalue weighted by Crippen LogP contribution is 2.45. The summed E-state index contributed by atoms with van der Waals surface area (Å²) in [5.74, 6) is 6.30. The average Bonchev–Trinajstić information content (AvgIpc) is 3.54. The third-order valence-corrected chi connectivity index (χ3v) is 7.01. The van der Waals surface area contributed by atoms with Crippen LogP contribution in [0.4, 0.5) is 4.79 Å². The van der Waals surface area contributed by atoms with Gasteiger partial charge in [-0.25, -0.2) is 4.79 Å². The molecule has 1 aliphatic carbocycles. The van der Waals surface area contributed by atoms with Crippen molar-refractivity contribution >= 4 is 11.6 Å². The summed E-state index contributed by atoms with van der Waals surface area (Å²) in [5.41, 5.74) is 14.5. The van der Waals surface area contributed by atoms with Crippen molar-refractivity contribution in [3.63, 3.8) is 0 Å². The number of hydrogen-bond acceptors (Lipinski definition) is 5. The molecule has 1 aliphatic heterocycles. The molecule has 36 heavy (non-hydrogen) atoms. The van der Waals surface area contributed by atoms with Crippen LogP contribution >= 0.6 is 0 Å². The van der Waals surface area contributed by atoms with E-state index in [2.05, 4.69) is 16.9 Å². The number of benzene rings is 1. The van der Waals surface area contributed by atoms with Crippen molar-refractivity contribution in [3.8, 4) is 11.8 Å². The van der Waals surface area contributed by atoms with Crippen LogP contribution in [0.25, 0.3) is 5.57 Å². The molecule has 1 saturated carbocycles. The number of aryl methyl sites for hydroxylation is 1. The van der Waals surface area contributed by atoms with Gasteiger partial charge in [0.25, 0.3) is 0 Å². The quantitative estimate of drug-likeness (QED) is 0.388. The summed E-state index contributed by atoms with van der Waals surface area (Å²) in [4.78, 5) is 14.0. The Bertz CT molecular complexity index is 1180. The Labute approximate surface area is 212 Å². The number of carbonyl (C=O) groups excluding carboxylic acids is 1. The first kappa shape index (κ1) is 25.7. The number of primary amides is 1. The van der Waals surface area contributed by atoms with Crippen LogP contribution in [0.2, 0.25) is 0 Å². The lowest BCUT2D eigenvalue weighted by atomic mass is 9.82. The van der Waals surface area contributed by atoms with E-state index in [0.717, 1.165) is 67.2 Å². The van der Waals surface area contributed by atoms with Gasteiger partial charge in [0.15, 0.2) is 0 Å². The van der Waals surface area contributed by atoms with Crippen LogP contribution in [0.15, 0.2) is 55.0 Å². The number of unbranched alkanes of at least 4 members (excludes halogenated alkanes) is 2. The fourth-order valence-corrected chi connectivity index (χ4v) is 4.95. The predicted octanol–water partition coefficient (Wildman–Crippen LogP) is 3.41. The van der Waals surface area contributed by atoms with Gasteiger partial charge in [0.2, 0.25) is 0 Å². The normalized spacial score (nSPS) is 20.6. The van der Waals surface area contributed by atoms with Gasteiger partial charge in [0, 0.05) is 49.2 Å². The van der Waals surface area contributed by atoms with Crippen LogP contribution in [0.5, 0.6) is 0 Å². The molecular formula is C28H35N5O3. The Kier molecular flexibility index (Phi) is 7.94. The molecule has 8 nitrogen and oxygen atoms in total. The molecule has 8 heteroatoms. The minimum Gasteiger partial charge on any atom is -0.396 e. The highest BCUT2D eigenvalue weighted by Gasteiger charge is 2.55. The van der Waals surface area contributed by atoms with Crippen molar-refractivity contribution in [1.29, 1.82) is 0 Å². The third kappa shape index (κ3) is 5.39. The van der Waals surface area contributed by atoms with E-state index in [4.69, 9.17) is 21.3 Å². The zero-order valence-corrected chi connectivity index (χ0v) is 20.8. The number of hydrogen-bond donors (Lipinski definition) is 3. The van der Waals surface area contributed by atoms with Gasteiger partial charge < -0.3 is 21.3 Å². The van der Waals surface area contributed by atoms with E-state index in [1.54, 1.807) is 17.1 Å². The van der Waals surface area contributed by atoms with Crippen molar-refractivity contribution in [3.05, 3.63) is 71.7 Å². The predicted molar refractivity (Wildman–Crippen MR) is 139 cm³/mol. The van der Waals surface area contributed by atoms with Crippen LogP contribution < -0.4 is 11.5 Å². The molecule has 2 amide bonds. The van der Waals surface area contributed by atoms with Crippen LogP contribution in [-0.2, 0) is 18.4 Å². The highest BCUT2D eigenvalue weighted by atomic mass is 16.5. The molecular weight excluding hydrogens is 454 g/mol. The second-order valence-electron chi connectivity index (χ2n) is 9.52. The average molecular weight is 490 g/mol. The number of aromatic nitrogens is 2. The van der Waals surface area contributed by atoms with Crippen LogP contribution in [0.1, 0.15) is 61.6 Å². The summed E-state index contributed by atoms with van der Waals surface area (Å²) in [6.07, 6.45) is 14.9. The van der Waals surface area contributed by atoms with Crippen LogP contribution in [0, 0.1) is 11.8 Å². The van der Waals surface area contributed by atoms with Gasteiger partial charge >= 0.3 is 6.03 Å². The molecule has 0 bridgehead atoms. The van der Waals surface area contributed by atoms with Gasteiger partial charge in [-0.1, -0.05) is 42.9 Å². The lowest BCUT2D eigenvalue weighted by Gasteiger charge is -2.50. The number of carbonyl (C=O) groups is 1. The number of allylic oxidation sites excluding steroid dienone is 2. The van der Waals surface area contributed by atoms with E-state index in [1.807, 2.05) is 49.7 Å². The number of rotatable bonds is 8. The summed E-state index contributed by atoms with van der Waals surface area (Å²) >= 11 is 0. The van der Waals surface area contributed by atoms with Gasteiger partial charge in [-0.3, -0.25) is 9.58 Å². The maximum absolute atomic E-state index is 12.6. The number of nitrogens with two attached hydrogens (primary N) is 2. The second kappa shape index (κ2) is 11.1. The molecule has 2 heterocycles. The Morgan fingerprint density at radius 2 is 1.97 bits per heavy atom. The van der Waals surface area contributed by atoms with Gasteiger partial charge in [-0.05, 0) is 49.5 Å². The molecule has 5 N–H and O–H groups in total. The van der Waals surface area contributed by atoms with Crippen molar-refractivity contribution < 1.29 is 14.6 Å². The molecule has 0 spiro atoms. The number of aliphatic hydroxyl groups excluding tert-OH is 1. The minimum atomic E-state index is -1.21. The zero-order chi connectivity index (χ0) is 25.6. The number of nitrogens with zero attached hydrogens (tertiary/aromatic N) is 3. The summed E-state index contributed by atoms with van der Waals surface area (Å²) in [6, 6.07) is 7.35. The molecule has 0 unspecified atom stereocenters. The third-order valence-electron chi connectivity index (χ3n) is 7.01. The Morgan fingerprint density at radius 1 is 1.22 bits per heavy atom. The van der Waals surface area contributed by atoms with E-state index < -0.39 is 17.3 Å². The van der Waals surface area contributed by atoms with E-state index in [9.17, 15) is 4.79 Å². The molecule has 0 saturated heterocycles. The standard InChI is InChI=1S/C28H35N5O3/c1-32-19-25(18-31-32)24-13-16-28(30,33(20-24)26(29)35)27(14-5-6-15-27)36-21-23-11-9-22(10-12-23)8-4-2-3-7-17-34/h9-13,16,18-20,34H,2-3,5-7,14-15,17,21,30H2,1H3,(H2,29,35)/t28-/m0/s1. The first-order valence-corrected chi connectivity index (χ1v) is 12.5. The van der Waals surface area contributed by atoms with Crippen LogP contribution in [0.3, 0.4) is 0 Å². The molecule has 190 valence electrons. The molecule has 1 aromatic heterocycles. The van der Waals surface area contributed by atoms with Crippen molar-refractivity contribution in [2.45, 2.75) is 62.8 Å². The highest BCUT2D eigenvalue weighted by molar-refractivity contribution is 5.82. The number of amides is 2.